The SMILES string of the molecule is c1cc(NCc2csnn2)cc(N2CCCC2)c1. The number of hydrogen-bond acceptors (Lipinski definition) is 5. The van der Waals surface area contributed by atoms with E-state index in [1.54, 1.807) is 0 Å². The first-order valence-corrected chi connectivity index (χ1v) is 7.10. The van der Waals surface area contributed by atoms with Crippen molar-refractivity contribution in [2.24, 2.45) is 0 Å². The van der Waals surface area contributed by atoms with Crippen LogP contribution in [0.15, 0.2) is 29.6 Å². The van der Waals surface area contributed by atoms with Gasteiger partial charge in [-0.1, -0.05) is 10.6 Å². The third-order valence-electron chi connectivity index (χ3n) is 3.20. The third kappa shape index (κ3) is 2.61. The Hall–Kier alpha value is -1.62. The minimum absolute atomic E-state index is 0.736. The van der Waals surface area contributed by atoms with E-state index in [-0.39, 0.29) is 0 Å². The highest BCUT2D eigenvalue weighted by molar-refractivity contribution is 7.03. The average Bonchev–Trinajstić information content (AvgIpc) is 3.10. The zero-order valence-electron chi connectivity index (χ0n) is 10.2. The van der Waals surface area contributed by atoms with Gasteiger partial charge in [-0.15, -0.1) is 5.10 Å². The van der Waals surface area contributed by atoms with Crippen molar-refractivity contribution < 1.29 is 0 Å². The van der Waals surface area contributed by atoms with Crippen LogP contribution in [-0.2, 0) is 6.54 Å². The van der Waals surface area contributed by atoms with E-state index in [0.717, 1.165) is 17.9 Å². The predicted octanol–water partition coefficient (Wildman–Crippen LogP) is 2.75. The lowest BCUT2D eigenvalue weighted by Gasteiger charge is -2.18. The van der Waals surface area contributed by atoms with Crippen LogP contribution in [0.4, 0.5) is 11.4 Å². The summed E-state index contributed by atoms with van der Waals surface area (Å²) < 4.78 is 3.86. The van der Waals surface area contributed by atoms with E-state index in [2.05, 4.69) is 44.1 Å². The monoisotopic (exact) mass is 260 g/mol. The number of aromatic nitrogens is 2. The van der Waals surface area contributed by atoms with E-state index < -0.39 is 0 Å². The lowest BCUT2D eigenvalue weighted by molar-refractivity contribution is 0.949. The van der Waals surface area contributed by atoms with Gasteiger partial charge in [0.05, 0.1) is 12.2 Å². The molecule has 5 heteroatoms. The van der Waals surface area contributed by atoms with Crippen molar-refractivity contribution in [2.45, 2.75) is 19.4 Å². The number of nitrogens with zero attached hydrogens (tertiary/aromatic N) is 3. The standard InChI is InChI=1S/C13H16N4S/c1-2-7-17(6-1)13-5-3-4-11(8-13)14-9-12-10-18-16-15-12/h3-5,8,10,14H,1-2,6-7,9H2. The molecule has 1 fully saturated rings. The quantitative estimate of drug-likeness (QED) is 0.917. The highest BCUT2D eigenvalue weighted by atomic mass is 32.1. The fraction of sp³-hybridized carbons (Fsp3) is 0.385. The van der Waals surface area contributed by atoms with Gasteiger partial charge in [-0.2, -0.15) is 0 Å². The fourth-order valence-corrected chi connectivity index (χ4v) is 2.69. The van der Waals surface area contributed by atoms with Gasteiger partial charge < -0.3 is 10.2 Å². The van der Waals surface area contributed by atoms with E-state index in [4.69, 9.17) is 0 Å². The van der Waals surface area contributed by atoms with Crippen molar-refractivity contribution in [1.82, 2.24) is 9.59 Å². The van der Waals surface area contributed by atoms with Crippen molar-refractivity contribution in [3.63, 3.8) is 0 Å². The van der Waals surface area contributed by atoms with Crippen LogP contribution < -0.4 is 10.2 Å². The summed E-state index contributed by atoms with van der Waals surface area (Å²) in [4.78, 5) is 2.44. The third-order valence-corrected chi connectivity index (χ3v) is 3.75. The molecule has 1 aliphatic heterocycles. The first-order chi connectivity index (χ1) is 8.92. The van der Waals surface area contributed by atoms with E-state index in [0.29, 0.717) is 0 Å². The summed E-state index contributed by atoms with van der Waals surface area (Å²) in [5.41, 5.74) is 3.45. The normalized spacial score (nSPS) is 15.0. The van der Waals surface area contributed by atoms with Crippen LogP contribution >= 0.6 is 11.5 Å². The Morgan fingerprint density at radius 1 is 1.28 bits per heavy atom. The summed E-state index contributed by atoms with van der Waals surface area (Å²) in [6, 6.07) is 8.60. The van der Waals surface area contributed by atoms with Crippen molar-refractivity contribution in [1.29, 1.82) is 0 Å². The molecule has 0 saturated carbocycles. The Labute approximate surface area is 111 Å². The maximum absolute atomic E-state index is 4.03. The van der Waals surface area contributed by atoms with Crippen molar-refractivity contribution in [3.05, 3.63) is 35.3 Å². The van der Waals surface area contributed by atoms with Gasteiger partial charge in [0, 0.05) is 29.8 Å². The second-order valence-corrected chi connectivity index (χ2v) is 5.10. The summed E-state index contributed by atoms with van der Waals surface area (Å²) in [6.07, 6.45) is 2.62. The summed E-state index contributed by atoms with van der Waals surface area (Å²) >= 11 is 1.39. The minimum Gasteiger partial charge on any atom is -0.379 e. The Balaban J connectivity index is 1.66. The van der Waals surface area contributed by atoms with Gasteiger partial charge in [0.2, 0.25) is 0 Å². The molecule has 1 saturated heterocycles. The average molecular weight is 260 g/mol. The van der Waals surface area contributed by atoms with Crippen LogP contribution in [0.2, 0.25) is 0 Å². The number of rotatable bonds is 4. The van der Waals surface area contributed by atoms with Crippen LogP contribution in [-0.4, -0.2) is 22.7 Å². The molecule has 4 nitrogen and oxygen atoms in total. The highest BCUT2D eigenvalue weighted by Crippen LogP contribution is 2.23. The highest BCUT2D eigenvalue weighted by Gasteiger charge is 2.12. The minimum atomic E-state index is 0.736. The van der Waals surface area contributed by atoms with Crippen molar-refractivity contribution >= 4 is 22.9 Å². The number of nitrogens with one attached hydrogen (secondary N) is 1. The number of benzene rings is 1. The smallest absolute Gasteiger partial charge is 0.0946 e. The first kappa shape index (κ1) is 11.5. The van der Waals surface area contributed by atoms with Gasteiger partial charge in [-0.3, -0.25) is 0 Å². The molecule has 0 unspecified atom stereocenters. The molecule has 0 aliphatic carbocycles. The Kier molecular flexibility index (Phi) is 3.41. The van der Waals surface area contributed by atoms with Gasteiger partial charge in [0.25, 0.3) is 0 Å². The summed E-state index contributed by atoms with van der Waals surface area (Å²) in [5, 5.41) is 9.38. The largest absolute Gasteiger partial charge is 0.379 e. The summed E-state index contributed by atoms with van der Waals surface area (Å²) in [6.45, 7) is 3.10. The maximum atomic E-state index is 4.03. The molecule has 0 radical (unpaired) electrons. The van der Waals surface area contributed by atoms with Gasteiger partial charge >= 0.3 is 0 Å². The van der Waals surface area contributed by atoms with Gasteiger partial charge in [-0.05, 0) is 42.6 Å². The number of hydrogen-bond donors (Lipinski definition) is 1. The Morgan fingerprint density at radius 2 is 2.17 bits per heavy atom. The molecule has 1 N–H and O–H groups in total. The van der Waals surface area contributed by atoms with E-state index in [9.17, 15) is 0 Å². The zero-order valence-corrected chi connectivity index (χ0v) is 11.0. The molecule has 2 heterocycles. The molecule has 2 aromatic rings. The molecule has 3 rings (SSSR count). The molecule has 0 atom stereocenters. The molecule has 94 valence electrons. The van der Waals surface area contributed by atoms with Crippen LogP contribution in [0.3, 0.4) is 0 Å². The lowest BCUT2D eigenvalue weighted by atomic mass is 10.2. The maximum Gasteiger partial charge on any atom is 0.0946 e. The van der Waals surface area contributed by atoms with Crippen LogP contribution in [0.25, 0.3) is 0 Å². The van der Waals surface area contributed by atoms with Gasteiger partial charge in [0.15, 0.2) is 0 Å². The second-order valence-electron chi connectivity index (χ2n) is 4.49. The molecule has 1 aromatic heterocycles. The second kappa shape index (κ2) is 5.35. The van der Waals surface area contributed by atoms with Crippen molar-refractivity contribution in [2.75, 3.05) is 23.3 Å². The first-order valence-electron chi connectivity index (χ1n) is 6.27. The van der Waals surface area contributed by atoms with Gasteiger partial charge in [-0.25, -0.2) is 0 Å². The van der Waals surface area contributed by atoms with Crippen LogP contribution in [0.5, 0.6) is 0 Å². The molecular formula is C13H16N4S. The molecule has 0 spiro atoms. The summed E-state index contributed by atoms with van der Waals surface area (Å²) in [7, 11) is 0. The molecule has 18 heavy (non-hydrogen) atoms. The van der Waals surface area contributed by atoms with E-state index >= 15 is 0 Å². The molecule has 0 bridgehead atoms. The molecular weight excluding hydrogens is 244 g/mol. The van der Waals surface area contributed by atoms with Gasteiger partial charge in [0.1, 0.15) is 0 Å². The van der Waals surface area contributed by atoms with E-state index in [1.165, 1.54) is 43.2 Å². The molecule has 1 aliphatic rings. The van der Waals surface area contributed by atoms with Crippen LogP contribution in [0, 0.1) is 0 Å². The predicted molar refractivity (Wildman–Crippen MR) is 75.1 cm³/mol. The lowest BCUT2D eigenvalue weighted by Crippen LogP contribution is -2.17. The topological polar surface area (TPSA) is 41.1 Å². The van der Waals surface area contributed by atoms with Crippen molar-refractivity contribution in [3.8, 4) is 0 Å². The molecule has 0 amide bonds. The fourth-order valence-electron chi connectivity index (χ4n) is 2.24. The molecule has 1 aromatic carbocycles. The summed E-state index contributed by atoms with van der Waals surface area (Å²) in [5.74, 6) is 0. The number of anilines is 2. The Bertz CT molecular complexity index is 491. The Morgan fingerprint density at radius 3 is 2.94 bits per heavy atom. The zero-order chi connectivity index (χ0) is 12.2. The van der Waals surface area contributed by atoms with Crippen LogP contribution in [0.1, 0.15) is 18.5 Å². The van der Waals surface area contributed by atoms with E-state index in [1.807, 2.05) is 5.38 Å².